The molecule has 0 saturated carbocycles. The van der Waals surface area contributed by atoms with Crippen LogP contribution in [0.5, 0.6) is 5.75 Å². The minimum Gasteiger partial charge on any atom is -0.502 e. The molecule has 0 aliphatic carbocycles. The van der Waals surface area contributed by atoms with Crippen LogP contribution < -0.4 is 0 Å². The Morgan fingerprint density at radius 2 is 2.17 bits per heavy atom. The summed E-state index contributed by atoms with van der Waals surface area (Å²) in [6, 6.07) is 12.0. The monoisotopic (exact) mass is 384 g/mol. The Morgan fingerprint density at radius 3 is 2.83 bits per heavy atom. The minimum absolute atomic E-state index is 0.146. The Bertz CT molecular complexity index is 1000. The summed E-state index contributed by atoms with van der Waals surface area (Å²) in [4.78, 5) is 17.6. The molecular formula is C16H9BrN4O3. The third-order valence-electron chi connectivity index (χ3n) is 3.35. The van der Waals surface area contributed by atoms with E-state index < -0.39 is 16.4 Å². The molecule has 0 spiro atoms. The second kappa shape index (κ2) is 6.14. The molecule has 8 heteroatoms. The number of nitrogens with one attached hydrogen (secondary N) is 1. The van der Waals surface area contributed by atoms with Crippen LogP contribution in [0.15, 0.2) is 40.9 Å². The van der Waals surface area contributed by atoms with Crippen LogP contribution in [0.3, 0.4) is 0 Å². The maximum atomic E-state index is 11.0. The number of H-pyrrole nitrogens is 1. The lowest BCUT2D eigenvalue weighted by Crippen LogP contribution is -1.91. The van der Waals surface area contributed by atoms with Crippen LogP contribution in [0.1, 0.15) is 11.4 Å². The molecule has 0 fully saturated rings. The molecular weight excluding hydrogens is 376 g/mol. The number of aromatic amines is 1. The van der Waals surface area contributed by atoms with Gasteiger partial charge in [-0.3, -0.25) is 10.1 Å². The average molecular weight is 385 g/mol. The fourth-order valence-corrected chi connectivity index (χ4v) is 2.71. The summed E-state index contributed by atoms with van der Waals surface area (Å²) < 4.78 is 0.417. The normalized spacial score (nSPS) is 11.4. The van der Waals surface area contributed by atoms with E-state index in [0.717, 1.165) is 5.52 Å². The number of para-hydroxylation sites is 2. The molecule has 0 saturated heterocycles. The fraction of sp³-hybridized carbons (Fsp3) is 0. The number of hydrogen-bond acceptors (Lipinski definition) is 5. The first-order valence-corrected chi connectivity index (χ1v) is 7.52. The van der Waals surface area contributed by atoms with E-state index in [4.69, 9.17) is 0 Å². The SMILES string of the molecule is N#C/C(=C\c1cc(Br)cc([N+](=O)[O-])c1O)c1nc2ccccc2[nH]1. The van der Waals surface area contributed by atoms with Crippen molar-refractivity contribution in [2.45, 2.75) is 0 Å². The average Bonchev–Trinajstić information content (AvgIpc) is 2.98. The predicted molar refractivity (Wildman–Crippen MR) is 92.0 cm³/mol. The highest BCUT2D eigenvalue weighted by atomic mass is 79.9. The Hall–Kier alpha value is -3.18. The minimum atomic E-state index is -0.690. The zero-order chi connectivity index (χ0) is 17.3. The largest absolute Gasteiger partial charge is 0.502 e. The second-order valence-corrected chi connectivity index (χ2v) is 5.81. The summed E-state index contributed by atoms with van der Waals surface area (Å²) >= 11 is 3.16. The molecule has 1 heterocycles. The van der Waals surface area contributed by atoms with Gasteiger partial charge in [0, 0.05) is 16.1 Å². The number of aromatic hydroxyl groups is 1. The maximum Gasteiger partial charge on any atom is 0.312 e. The number of fused-ring (bicyclic) bond motifs is 1. The molecule has 7 nitrogen and oxygen atoms in total. The molecule has 0 aliphatic rings. The number of hydrogen-bond donors (Lipinski definition) is 2. The number of phenolic OH excluding ortho intramolecular Hbond substituents is 1. The molecule has 2 N–H and O–H groups in total. The van der Waals surface area contributed by atoms with E-state index in [1.165, 1.54) is 18.2 Å². The van der Waals surface area contributed by atoms with Crippen molar-refractivity contribution in [1.29, 1.82) is 5.26 Å². The van der Waals surface area contributed by atoms with Crippen LogP contribution in [0.25, 0.3) is 22.7 Å². The molecule has 118 valence electrons. The number of rotatable bonds is 3. The van der Waals surface area contributed by atoms with Gasteiger partial charge in [-0.1, -0.05) is 28.1 Å². The molecule has 0 radical (unpaired) electrons. The van der Waals surface area contributed by atoms with E-state index in [0.29, 0.717) is 15.8 Å². The van der Waals surface area contributed by atoms with E-state index >= 15 is 0 Å². The first kappa shape index (κ1) is 15.7. The number of nitriles is 1. The number of nitro benzene ring substituents is 1. The molecule has 1 aromatic heterocycles. The predicted octanol–water partition coefficient (Wildman–Crippen LogP) is 4.00. The second-order valence-electron chi connectivity index (χ2n) is 4.89. The van der Waals surface area contributed by atoms with Gasteiger partial charge >= 0.3 is 5.69 Å². The molecule has 24 heavy (non-hydrogen) atoms. The molecule has 3 rings (SSSR count). The first-order valence-electron chi connectivity index (χ1n) is 6.73. The lowest BCUT2D eigenvalue weighted by atomic mass is 10.1. The number of allylic oxidation sites excluding steroid dienone is 1. The third kappa shape index (κ3) is 2.85. The van der Waals surface area contributed by atoms with Crippen LogP contribution in [0.2, 0.25) is 0 Å². The summed E-state index contributed by atoms with van der Waals surface area (Å²) in [6.45, 7) is 0. The van der Waals surface area contributed by atoms with Crippen LogP contribution in [-0.2, 0) is 0 Å². The van der Waals surface area contributed by atoms with E-state index in [1.807, 2.05) is 24.3 Å². The smallest absolute Gasteiger partial charge is 0.312 e. The van der Waals surface area contributed by atoms with Crippen molar-refractivity contribution in [1.82, 2.24) is 9.97 Å². The molecule has 0 aliphatic heterocycles. The van der Waals surface area contributed by atoms with Crippen molar-refractivity contribution >= 4 is 44.3 Å². The number of halogens is 1. The summed E-state index contributed by atoms with van der Waals surface area (Å²) in [5, 5.41) is 30.5. The molecule has 2 aromatic carbocycles. The number of imidazole rings is 1. The number of aromatic nitrogens is 2. The van der Waals surface area contributed by atoms with Crippen LogP contribution in [0.4, 0.5) is 5.69 Å². The quantitative estimate of drug-likeness (QED) is 0.402. The highest BCUT2D eigenvalue weighted by Crippen LogP contribution is 2.35. The maximum absolute atomic E-state index is 11.0. The van der Waals surface area contributed by atoms with Gasteiger partial charge in [0.25, 0.3) is 0 Å². The number of benzene rings is 2. The van der Waals surface area contributed by atoms with Crippen molar-refractivity contribution in [3.05, 3.63) is 62.4 Å². The molecule has 0 bridgehead atoms. The van der Waals surface area contributed by atoms with E-state index in [2.05, 4.69) is 25.9 Å². The summed E-state index contributed by atoms with van der Waals surface area (Å²) in [5.74, 6) is -0.187. The number of nitro groups is 1. The zero-order valence-corrected chi connectivity index (χ0v) is 13.6. The van der Waals surface area contributed by atoms with E-state index in [-0.39, 0.29) is 11.1 Å². The van der Waals surface area contributed by atoms with Crippen molar-refractivity contribution in [2.75, 3.05) is 0 Å². The highest BCUT2D eigenvalue weighted by molar-refractivity contribution is 9.10. The molecule has 0 amide bonds. The van der Waals surface area contributed by atoms with Crippen molar-refractivity contribution in [2.24, 2.45) is 0 Å². The van der Waals surface area contributed by atoms with Gasteiger partial charge in [0.2, 0.25) is 5.75 Å². The lowest BCUT2D eigenvalue weighted by molar-refractivity contribution is -0.385. The van der Waals surface area contributed by atoms with Gasteiger partial charge in [-0.05, 0) is 24.3 Å². The van der Waals surface area contributed by atoms with Gasteiger partial charge < -0.3 is 10.1 Å². The Labute approximate surface area is 144 Å². The van der Waals surface area contributed by atoms with Crippen molar-refractivity contribution < 1.29 is 10.0 Å². The number of phenols is 1. The highest BCUT2D eigenvalue weighted by Gasteiger charge is 2.18. The Balaban J connectivity index is 2.15. The Morgan fingerprint density at radius 1 is 1.42 bits per heavy atom. The van der Waals surface area contributed by atoms with Gasteiger partial charge in [-0.2, -0.15) is 5.26 Å². The van der Waals surface area contributed by atoms with E-state index in [1.54, 1.807) is 6.07 Å². The van der Waals surface area contributed by atoms with Gasteiger partial charge in [0.05, 0.1) is 21.5 Å². The van der Waals surface area contributed by atoms with Gasteiger partial charge in [0.1, 0.15) is 11.9 Å². The van der Waals surface area contributed by atoms with Crippen molar-refractivity contribution in [3.8, 4) is 11.8 Å². The fourth-order valence-electron chi connectivity index (χ4n) is 2.24. The first-order chi connectivity index (χ1) is 11.5. The van der Waals surface area contributed by atoms with Crippen LogP contribution in [0, 0.1) is 21.4 Å². The topological polar surface area (TPSA) is 116 Å². The van der Waals surface area contributed by atoms with Crippen LogP contribution >= 0.6 is 15.9 Å². The van der Waals surface area contributed by atoms with E-state index in [9.17, 15) is 20.5 Å². The molecule has 0 atom stereocenters. The van der Waals surface area contributed by atoms with Gasteiger partial charge in [-0.15, -0.1) is 0 Å². The Kier molecular flexibility index (Phi) is 4.02. The lowest BCUT2D eigenvalue weighted by Gasteiger charge is -2.02. The number of nitrogens with zero attached hydrogens (tertiary/aromatic N) is 3. The standard InChI is InChI=1S/C16H9BrN4O3/c17-11-6-9(15(22)14(7-11)21(23)24)5-10(8-18)16-19-12-3-1-2-4-13(12)20-16/h1-7,22H,(H,19,20)/b10-5+. The summed E-state index contributed by atoms with van der Waals surface area (Å²) in [6.07, 6.45) is 1.35. The zero-order valence-electron chi connectivity index (χ0n) is 12.0. The summed E-state index contributed by atoms with van der Waals surface area (Å²) in [5.41, 5.74) is 1.30. The van der Waals surface area contributed by atoms with Crippen LogP contribution in [-0.4, -0.2) is 20.0 Å². The van der Waals surface area contributed by atoms with Crippen molar-refractivity contribution in [3.63, 3.8) is 0 Å². The molecule has 0 unspecified atom stereocenters. The van der Waals surface area contributed by atoms with Gasteiger partial charge in [-0.25, -0.2) is 4.98 Å². The van der Waals surface area contributed by atoms with Gasteiger partial charge in [0.15, 0.2) is 0 Å². The summed E-state index contributed by atoms with van der Waals surface area (Å²) in [7, 11) is 0. The third-order valence-corrected chi connectivity index (χ3v) is 3.80. The molecule has 3 aromatic rings.